The summed E-state index contributed by atoms with van der Waals surface area (Å²) in [6.07, 6.45) is 2.25. The van der Waals surface area contributed by atoms with Gasteiger partial charge in [0, 0.05) is 49.7 Å². The minimum Gasteiger partial charge on any atom is -0.392 e. The number of pyridine rings is 2. The number of aliphatic hydroxyl groups excluding tert-OH is 1. The molecule has 2 aromatic heterocycles. The van der Waals surface area contributed by atoms with Gasteiger partial charge in [-0.15, -0.1) is 0 Å². The molecule has 3 N–H and O–H groups in total. The Morgan fingerprint density at radius 1 is 1.24 bits per heavy atom. The zero-order valence-electron chi connectivity index (χ0n) is 18.1. The van der Waals surface area contributed by atoms with Gasteiger partial charge in [0.2, 0.25) is 0 Å². The van der Waals surface area contributed by atoms with Crippen molar-refractivity contribution in [2.75, 3.05) is 30.4 Å². The van der Waals surface area contributed by atoms with E-state index in [-0.39, 0.29) is 28.8 Å². The number of nitrogens with one attached hydrogen (secondary N) is 2. The molecule has 0 bridgehead atoms. The number of halogens is 2. The molecule has 1 unspecified atom stereocenters. The summed E-state index contributed by atoms with van der Waals surface area (Å²) in [7, 11) is 1.85. The summed E-state index contributed by atoms with van der Waals surface area (Å²) in [5.41, 5.74) is 1.17. The zero-order chi connectivity index (χ0) is 23.7. The smallest absolute Gasteiger partial charge is 0.260 e. The molecule has 172 valence electrons. The summed E-state index contributed by atoms with van der Waals surface area (Å²) in [5, 5.41) is 15.7. The Morgan fingerprint density at radius 2 is 2.03 bits per heavy atom. The predicted octanol–water partition coefficient (Wildman–Crippen LogP) is 3.01. The van der Waals surface area contributed by atoms with Crippen molar-refractivity contribution in [1.29, 1.82) is 0 Å². The van der Waals surface area contributed by atoms with Gasteiger partial charge in [-0.25, -0.2) is 4.39 Å². The fraction of sp³-hybridized carbons (Fsp3) is 0.261. The average Bonchev–Trinajstić information content (AvgIpc) is 3.18. The molecule has 0 spiro atoms. The van der Waals surface area contributed by atoms with Crippen LogP contribution in [0.5, 0.6) is 0 Å². The number of aliphatic hydroxyl groups is 1. The zero-order valence-corrected chi connectivity index (χ0v) is 18.9. The third-order valence-electron chi connectivity index (χ3n) is 5.39. The lowest BCUT2D eigenvalue weighted by Crippen LogP contribution is -2.31. The summed E-state index contributed by atoms with van der Waals surface area (Å²) < 4.78 is 16.2. The Labute approximate surface area is 194 Å². The van der Waals surface area contributed by atoms with Crippen molar-refractivity contribution in [1.82, 2.24) is 14.9 Å². The van der Waals surface area contributed by atoms with Crippen molar-refractivity contribution in [2.24, 2.45) is 0 Å². The number of fused-ring (bicyclic) bond motifs is 1. The molecule has 3 heterocycles. The van der Waals surface area contributed by atoms with Gasteiger partial charge in [-0.05, 0) is 37.3 Å². The van der Waals surface area contributed by atoms with Gasteiger partial charge < -0.3 is 20.6 Å². The maximum Gasteiger partial charge on any atom is 0.260 e. The van der Waals surface area contributed by atoms with Crippen LogP contribution in [0.15, 0.2) is 47.5 Å². The number of hydrogen-bond donors (Lipinski definition) is 3. The summed E-state index contributed by atoms with van der Waals surface area (Å²) >= 11 is 6.07. The van der Waals surface area contributed by atoms with Crippen molar-refractivity contribution in [3.8, 4) is 11.1 Å². The maximum atomic E-state index is 14.6. The van der Waals surface area contributed by atoms with Gasteiger partial charge in [-0.1, -0.05) is 11.6 Å². The summed E-state index contributed by atoms with van der Waals surface area (Å²) in [5.74, 6) is -0.347. The normalized spacial score (nSPS) is 13.5. The van der Waals surface area contributed by atoms with Gasteiger partial charge in [0.05, 0.1) is 28.6 Å². The second kappa shape index (κ2) is 9.21. The van der Waals surface area contributed by atoms with Gasteiger partial charge in [0.1, 0.15) is 11.6 Å². The Kier molecular flexibility index (Phi) is 6.35. The molecular formula is C23H23ClFN5O3. The first kappa shape index (κ1) is 22.8. The van der Waals surface area contributed by atoms with Crippen molar-refractivity contribution in [3.63, 3.8) is 0 Å². The molecule has 0 fully saturated rings. The van der Waals surface area contributed by atoms with E-state index in [2.05, 4.69) is 15.6 Å². The molecule has 10 heteroatoms. The molecule has 1 aliphatic rings. The first-order valence-electron chi connectivity index (χ1n) is 10.4. The lowest BCUT2D eigenvalue weighted by molar-refractivity contribution is 0.0924. The van der Waals surface area contributed by atoms with Crippen LogP contribution in [-0.4, -0.2) is 46.8 Å². The number of carbonyl (C=O) groups is 1. The standard InChI is InChI=1S/C23H23ClFN5O3/c1-13(31)11-27-21(32)17-12-26-6-5-19(17)28-20-10-16(15-9-14(24)3-4-18(15)25)23(33)30-8-7-29(2)22(20)30/h3-6,9-10,12-13,31H,7-8,11H2,1-2H3,(H,26,28)(H,27,32). The predicted molar refractivity (Wildman–Crippen MR) is 126 cm³/mol. The van der Waals surface area contributed by atoms with Gasteiger partial charge in [-0.2, -0.15) is 0 Å². The second-order valence-electron chi connectivity index (χ2n) is 7.90. The van der Waals surface area contributed by atoms with Gasteiger partial charge >= 0.3 is 0 Å². The fourth-order valence-corrected chi connectivity index (χ4v) is 3.96. The van der Waals surface area contributed by atoms with Crippen LogP contribution in [0.2, 0.25) is 5.02 Å². The third-order valence-corrected chi connectivity index (χ3v) is 5.63. The van der Waals surface area contributed by atoms with Crippen LogP contribution in [-0.2, 0) is 6.54 Å². The molecule has 0 saturated heterocycles. The topological polar surface area (TPSA) is 99.5 Å². The first-order chi connectivity index (χ1) is 15.8. The summed E-state index contributed by atoms with van der Waals surface area (Å²) in [6, 6.07) is 7.27. The molecule has 33 heavy (non-hydrogen) atoms. The number of hydrogen-bond acceptors (Lipinski definition) is 6. The van der Waals surface area contributed by atoms with Gasteiger partial charge in [0.15, 0.2) is 0 Å². The SMILES string of the molecule is CC(O)CNC(=O)c1cnccc1Nc1cc(-c2cc(Cl)ccc2F)c(=O)n2c1N(C)CC2. The number of aromatic nitrogens is 2. The molecule has 0 radical (unpaired) electrons. The number of amides is 1. The highest BCUT2D eigenvalue weighted by Gasteiger charge is 2.25. The lowest BCUT2D eigenvalue weighted by Gasteiger charge is -2.20. The van der Waals surface area contributed by atoms with E-state index in [1.54, 1.807) is 23.6 Å². The Bertz CT molecular complexity index is 1280. The Hall–Kier alpha value is -3.43. The fourth-order valence-electron chi connectivity index (χ4n) is 3.79. The van der Waals surface area contributed by atoms with Crippen LogP contribution in [0.25, 0.3) is 11.1 Å². The van der Waals surface area contributed by atoms with Crippen LogP contribution in [0.3, 0.4) is 0 Å². The van der Waals surface area contributed by atoms with Crippen LogP contribution in [0.1, 0.15) is 17.3 Å². The van der Waals surface area contributed by atoms with E-state index in [9.17, 15) is 19.1 Å². The first-order valence-corrected chi connectivity index (χ1v) is 10.8. The molecule has 4 rings (SSSR count). The number of rotatable bonds is 6. The monoisotopic (exact) mass is 471 g/mol. The summed E-state index contributed by atoms with van der Waals surface area (Å²) in [6.45, 7) is 2.70. The molecule has 1 aliphatic heterocycles. The van der Waals surface area contributed by atoms with Gasteiger partial charge in [0.25, 0.3) is 11.5 Å². The van der Waals surface area contributed by atoms with Crippen molar-refractivity contribution >= 4 is 34.7 Å². The largest absolute Gasteiger partial charge is 0.392 e. The molecule has 0 aliphatic carbocycles. The van der Waals surface area contributed by atoms with E-state index in [0.29, 0.717) is 35.3 Å². The van der Waals surface area contributed by atoms with Crippen molar-refractivity contribution < 1.29 is 14.3 Å². The molecule has 0 saturated carbocycles. The molecule has 3 aromatic rings. The van der Waals surface area contributed by atoms with E-state index in [4.69, 9.17) is 11.6 Å². The highest BCUT2D eigenvalue weighted by atomic mass is 35.5. The lowest BCUT2D eigenvalue weighted by atomic mass is 10.1. The third kappa shape index (κ3) is 4.55. The van der Waals surface area contributed by atoms with E-state index >= 15 is 0 Å². The Balaban J connectivity index is 1.82. The number of nitrogens with zero attached hydrogens (tertiary/aromatic N) is 3. The van der Waals surface area contributed by atoms with Crippen LogP contribution < -0.4 is 21.1 Å². The molecule has 1 atom stereocenters. The number of likely N-dealkylation sites (N-methyl/N-ethyl adjacent to an activating group) is 1. The number of benzene rings is 1. The van der Waals surface area contributed by atoms with Crippen LogP contribution >= 0.6 is 11.6 Å². The molecular weight excluding hydrogens is 449 g/mol. The molecule has 1 aromatic carbocycles. The highest BCUT2D eigenvalue weighted by molar-refractivity contribution is 6.30. The summed E-state index contributed by atoms with van der Waals surface area (Å²) in [4.78, 5) is 31.8. The molecule has 1 amide bonds. The van der Waals surface area contributed by atoms with Crippen LogP contribution in [0.4, 0.5) is 21.6 Å². The quantitative estimate of drug-likeness (QED) is 0.511. The average molecular weight is 472 g/mol. The highest BCUT2D eigenvalue weighted by Crippen LogP contribution is 2.35. The van der Waals surface area contributed by atoms with E-state index < -0.39 is 17.8 Å². The second-order valence-corrected chi connectivity index (χ2v) is 8.34. The van der Waals surface area contributed by atoms with E-state index in [0.717, 1.165) is 0 Å². The van der Waals surface area contributed by atoms with Crippen molar-refractivity contribution in [3.05, 3.63) is 69.5 Å². The van der Waals surface area contributed by atoms with Crippen LogP contribution in [0, 0.1) is 5.82 Å². The number of anilines is 3. The van der Waals surface area contributed by atoms with E-state index in [1.165, 1.54) is 30.6 Å². The number of carbonyl (C=O) groups excluding carboxylic acids is 1. The molecule has 8 nitrogen and oxygen atoms in total. The van der Waals surface area contributed by atoms with E-state index in [1.807, 2.05) is 11.9 Å². The minimum atomic E-state index is -0.699. The van der Waals surface area contributed by atoms with Crippen molar-refractivity contribution in [2.45, 2.75) is 19.6 Å². The Morgan fingerprint density at radius 3 is 2.79 bits per heavy atom. The maximum absolute atomic E-state index is 14.6. The van der Waals surface area contributed by atoms with Gasteiger partial charge in [-0.3, -0.25) is 19.1 Å². The minimum absolute atomic E-state index is 0.0875.